The Morgan fingerprint density at radius 3 is 2.56 bits per heavy atom. The van der Waals surface area contributed by atoms with E-state index < -0.39 is 0 Å². The molecule has 0 radical (unpaired) electrons. The normalized spacial score (nSPS) is 10.3. The molecule has 25 heavy (non-hydrogen) atoms. The average Bonchev–Trinajstić information content (AvgIpc) is 2.61. The van der Waals surface area contributed by atoms with Gasteiger partial charge >= 0.3 is 0 Å². The highest BCUT2D eigenvalue weighted by molar-refractivity contribution is 6.32. The number of ether oxygens (including phenoxy) is 3. The van der Waals surface area contributed by atoms with Gasteiger partial charge in [0.25, 0.3) is 5.91 Å². The van der Waals surface area contributed by atoms with Crippen molar-refractivity contribution in [1.82, 2.24) is 4.90 Å². The van der Waals surface area contributed by atoms with E-state index in [-0.39, 0.29) is 12.5 Å². The number of nitrogens with zero attached hydrogens (tertiary/aromatic N) is 1. The minimum absolute atomic E-state index is 0.0913. The van der Waals surface area contributed by atoms with Gasteiger partial charge in [0, 0.05) is 19.2 Å². The Balaban J connectivity index is 2.02. The molecular formula is C19H22ClNO4. The van der Waals surface area contributed by atoms with E-state index in [4.69, 9.17) is 25.8 Å². The van der Waals surface area contributed by atoms with Crippen LogP contribution in [-0.2, 0) is 11.3 Å². The summed E-state index contributed by atoms with van der Waals surface area (Å²) in [6, 6.07) is 11.0. The predicted molar refractivity (Wildman–Crippen MR) is 97.7 cm³/mol. The molecule has 0 spiro atoms. The van der Waals surface area contributed by atoms with E-state index in [1.807, 2.05) is 31.2 Å². The second-order valence-corrected chi connectivity index (χ2v) is 6.03. The van der Waals surface area contributed by atoms with Crippen LogP contribution in [0, 0.1) is 6.92 Å². The fourth-order valence-electron chi connectivity index (χ4n) is 2.39. The van der Waals surface area contributed by atoms with E-state index in [9.17, 15) is 4.79 Å². The Morgan fingerprint density at radius 1 is 1.12 bits per heavy atom. The highest BCUT2D eigenvalue weighted by Gasteiger charge is 2.16. The molecule has 0 fully saturated rings. The maximum atomic E-state index is 12.4. The van der Waals surface area contributed by atoms with Crippen LogP contribution < -0.4 is 14.2 Å². The molecule has 0 unspecified atom stereocenters. The maximum Gasteiger partial charge on any atom is 0.260 e. The maximum absolute atomic E-state index is 12.4. The van der Waals surface area contributed by atoms with Gasteiger partial charge in [-0.1, -0.05) is 29.8 Å². The minimum atomic E-state index is -0.164. The van der Waals surface area contributed by atoms with Crippen molar-refractivity contribution in [2.24, 2.45) is 0 Å². The van der Waals surface area contributed by atoms with Gasteiger partial charge in [0.1, 0.15) is 5.75 Å². The molecule has 134 valence electrons. The van der Waals surface area contributed by atoms with Crippen molar-refractivity contribution >= 4 is 17.5 Å². The first-order valence-electron chi connectivity index (χ1n) is 7.79. The standard InChI is InChI=1S/C19H22ClNO4/c1-13-8-9-15(20)17(10-13)25-12-18(22)21(2)11-14-6-5-7-16(23-3)19(14)24-4/h5-10H,11-12H2,1-4H3. The van der Waals surface area contributed by atoms with Gasteiger partial charge in [-0.15, -0.1) is 0 Å². The highest BCUT2D eigenvalue weighted by Crippen LogP contribution is 2.31. The Hall–Kier alpha value is -2.40. The molecule has 0 aliphatic rings. The molecule has 6 heteroatoms. The van der Waals surface area contributed by atoms with Crippen molar-refractivity contribution in [1.29, 1.82) is 0 Å². The number of hydrogen-bond donors (Lipinski definition) is 0. The number of halogens is 1. The van der Waals surface area contributed by atoms with Crippen LogP contribution in [0.1, 0.15) is 11.1 Å². The molecule has 2 rings (SSSR count). The average molecular weight is 364 g/mol. The SMILES string of the molecule is COc1cccc(CN(C)C(=O)COc2cc(C)ccc2Cl)c1OC. The van der Waals surface area contributed by atoms with Gasteiger partial charge in [0.15, 0.2) is 18.1 Å². The zero-order chi connectivity index (χ0) is 18.4. The lowest BCUT2D eigenvalue weighted by atomic mass is 10.1. The number of methoxy groups -OCH3 is 2. The molecule has 0 aliphatic heterocycles. The number of hydrogen-bond acceptors (Lipinski definition) is 4. The largest absolute Gasteiger partial charge is 0.493 e. The summed E-state index contributed by atoms with van der Waals surface area (Å²) in [5.74, 6) is 1.58. The number of rotatable bonds is 7. The highest BCUT2D eigenvalue weighted by atomic mass is 35.5. The molecule has 0 aromatic heterocycles. The molecule has 0 saturated heterocycles. The molecular weight excluding hydrogens is 342 g/mol. The summed E-state index contributed by atoms with van der Waals surface area (Å²) >= 11 is 6.08. The fraction of sp³-hybridized carbons (Fsp3) is 0.316. The Bertz CT molecular complexity index is 748. The molecule has 0 heterocycles. The predicted octanol–water partition coefficient (Wildman–Crippen LogP) is 3.70. The van der Waals surface area contributed by atoms with Crippen molar-refractivity contribution in [3.8, 4) is 17.2 Å². The number of benzene rings is 2. The molecule has 2 aromatic rings. The summed E-state index contributed by atoms with van der Waals surface area (Å²) in [6.07, 6.45) is 0. The van der Waals surface area contributed by atoms with E-state index in [0.717, 1.165) is 11.1 Å². The number of carbonyl (C=O) groups is 1. The number of amides is 1. The van der Waals surface area contributed by atoms with Crippen LogP contribution in [0.4, 0.5) is 0 Å². The zero-order valence-electron chi connectivity index (χ0n) is 14.8. The first-order valence-corrected chi connectivity index (χ1v) is 8.16. The fourth-order valence-corrected chi connectivity index (χ4v) is 2.56. The van der Waals surface area contributed by atoms with Crippen molar-refractivity contribution in [2.45, 2.75) is 13.5 Å². The van der Waals surface area contributed by atoms with Crippen LogP contribution >= 0.6 is 11.6 Å². The molecule has 0 N–H and O–H groups in total. The van der Waals surface area contributed by atoms with Crippen molar-refractivity contribution in [3.05, 3.63) is 52.5 Å². The van der Waals surface area contributed by atoms with Crippen LogP contribution in [0.2, 0.25) is 5.02 Å². The third-order valence-corrected chi connectivity index (χ3v) is 4.07. The first-order chi connectivity index (χ1) is 12.0. The molecule has 2 aromatic carbocycles. The van der Waals surface area contributed by atoms with Crippen molar-refractivity contribution in [2.75, 3.05) is 27.9 Å². The Labute approximate surface area is 153 Å². The first kappa shape index (κ1) is 18.9. The summed E-state index contributed by atoms with van der Waals surface area (Å²) in [6.45, 7) is 2.22. The zero-order valence-corrected chi connectivity index (χ0v) is 15.6. The van der Waals surface area contributed by atoms with Crippen LogP contribution in [0.15, 0.2) is 36.4 Å². The van der Waals surface area contributed by atoms with Crippen molar-refractivity contribution in [3.63, 3.8) is 0 Å². The lowest BCUT2D eigenvalue weighted by molar-refractivity contribution is -0.132. The molecule has 0 aliphatic carbocycles. The number of likely N-dealkylation sites (N-methyl/N-ethyl adjacent to an activating group) is 1. The summed E-state index contributed by atoms with van der Waals surface area (Å²) in [4.78, 5) is 13.9. The summed E-state index contributed by atoms with van der Waals surface area (Å²) in [7, 11) is 4.87. The van der Waals surface area contributed by atoms with Gasteiger partial charge in [-0.3, -0.25) is 4.79 Å². The second-order valence-electron chi connectivity index (χ2n) is 5.62. The van der Waals surface area contributed by atoms with Crippen LogP contribution in [0.5, 0.6) is 17.2 Å². The minimum Gasteiger partial charge on any atom is -0.493 e. The van der Waals surface area contributed by atoms with E-state index in [0.29, 0.717) is 28.8 Å². The smallest absolute Gasteiger partial charge is 0.260 e. The molecule has 0 bridgehead atoms. The van der Waals surface area contributed by atoms with Gasteiger partial charge in [-0.2, -0.15) is 0 Å². The van der Waals surface area contributed by atoms with Crippen LogP contribution in [0.3, 0.4) is 0 Å². The van der Waals surface area contributed by atoms with Crippen LogP contribution in [-0.4, -0.2) is 38.7 Å². The topological polar surface area (TPSA) is 48.0 Å². The van der Waals surface area contributed by atoms with Gasteiger partial charge in [-0.05, 0) is 30.7 Å². The molecule has 0 atom stereocenters. The lowest BCUT2D eigenvalue weighted by Gasteiger charge is -2.20. The monoisotopic (exact) mass is 363 g/mol. The Morgan fingerprint density at radius 2 is 1.88 bits per heavy atom. The number of aryl methyl sites for hydroxylation is 1. The van der Waals surface area contributed by atoms with Gasteiger partial charge < -0.3 is 19.1 Å². The molecule has 5 nitrogen and oxygen atoms in total. The second kappa shape index (κ2) is 8.62. The van der Waals surface area contributed by atoms with Crippen molar-refractivity contribution < 1.29 is 19.0 Å². The summed E-state index contributed by atoms with van der Waals surface area (Å²) in [5, 5.41) is 0.482. The molecule has 1 amide bonds. The third kappa shape index (κ3) is 4.79. The summed E-state index contributed by atoms with van der Waals surface area (Å²) in [5.41, 5.74) is 1.87. The van der Waals surface area contributed by atoms with Gasteiger partial charge in [0.05, 0.1) is 19.2 Å². The Kier molecular flexibility index (Phi) is 6.53. The lowest BCUT2D eigenvalue weighted by Crippen LogP contribution is -2.31. The van der Waals surface area contributed by atoms with Crippen LogP contribution in [0.25, 0.3) is 0 Å². The molecule has 0 saturated carbocycles. The van der Waals surface area contributed by atoms with E-state index >= 15 is 0 Å². The van der Waals surface area contributed by atoms with E-state index in [1.54, 1.807) is 38.3 Å². The van der Waals surface area contributed by atoms with Gasteiger partial charge in [0.2, 0.25) is 0 Å². The third-order valence-electron chi connectivity index (χ3n) is 3.76. The quantitative estimate of drug-likeness (QED) is 0.752. The number of carbonyl (C=O) groups excluding carboxylic acids is 1. The summed E-state index contributed by atoms with van der Waals surface area (Å²) < 4.78 is 16.2. The number of para-hydroxylation sites is 1. The van der Waals surface area contributed by atoms with E-state index in [2.05, 4.69) is 0 Å². The van der Waals surface area contributed by atoms with Gasteiger partial charge in [-0.25, -0.2) is 0 Å². The van der Waals surface area contributed by atoms with E-state index in [1.165, 1.54) is 0 Å².